The van der Waals surface area contributed by atoms with Crippen LogP contribution >= 0.6 is 55.4 Å². The van der Waals surface area contributed by atoms with Gasteiger partial charge < -0.3 is 9.80 Å². The molecule has 2 aliphatic heterocycles. The molecular weight excluding hydrogens is 468 g/mol. The lowest BCUT2D eigenvalue weighted by molar-refractivity contribution is 0.381. The maximum Gasteiger partial charge on any atom is 0.394 e. The van der Waals surface area contributed by atoms with Crippen molar-refractivity contribution in [2.75, 3.05) is 14.1 Å². The molecule has 0 aromatic heterocycles. The lowest BCUT2D eigenvalue weighted by atomic mass is 10.5. The van der Waals surface area contributed by atoms with Crippen LogP contribution in [0, 0.1) is 0 Å². The highest BCUT2D eigenvalue weighted by Gasteiger charge is 2.16. The quantitative estimate of drug-likeness (QED) is 0.305. The van der Waals surface area contributed by atoms with Crippen LogP contribution in [0.2, 0.25) is 0 Å². The predicted molar refractivity (Wildman–Crippen MR) is 97.8 cm³/mol. The molecule has 0 bridgehead atoms. The largest absolute Gasteiger partial charge is 0.394 e. The molecule has 0 radical (unpaired) electrons. The molecule has 0 aromatic rings. The Bertz CT molecular complexity index is 461. The number of hydrogen-bond acceptors (Lipinski definition) is 6. The van der Waals surface area contributed by atoms with E-state index in [-0.39, 0.29) is 0 Å². The van der Waals surface area contributed by atoms with E-state index < -0.39 is 10.4 Å². The average molecular weight is 486 g/mol. The molecular formula is C10H18Br2N2O4S3. The van der Waals surface area contributed by atoms with Crippen LogP contribution in [0.1, 0.15) is 13.8 Å². The topological polar surface area (TPSA) is 81.1 Å². The fourth-order valence-electron chi connectivity index (χ4n) is 0.978. The molecule has 0 fully saturated rings. The highest BCUT2D eigenvalue weighted by molar-refractivity contribution is 9.11. The van der Waals surface area contributed by atoms with Gasteiger partial charge in [-0.15, -0.1) is 0 Å². The minimum Gasteiger partial charge on any atom is -0.356 e. The molecule has 2 unspecified atom stereocenters. The molecule has 0 aromatic carbocycles. The third-order valence-electron chi connectivity index (χ3n) is 2.42. The number of allylic oxidation sites excluding steroid dienone is 2. The monoisotopic (exact) mass is 484 g/mol. The standard InChI is InChI=1S/2C5H8BrNS.H2O4S/c2*1-4-3-8-5(6)7(4)2;1-5(2,3)4/h2*3,5H,1-2H3;(H2,1,2,3,4). The predicted octanol–water partition coefficient (Wildman–Crippen LogP) is 3.76. The van der Waals surface area contributed by atoms with E-state index >= 15 is 0 Å². The van der Waals surface area contributed by atoms with E-state index in [2.05, 4.69) is 80.4 Å². The molecule has 0 aliphatic carbocycles. The molecule has 2 aliphatic rings. The summed E-state index contributed by atoms with van der Waals surface area (Å²) in [5.41, 5.74) is 2.66. The molecule has 2 rings (SSSR count). The molecule has 124 valence electrons. The number of halogens is 2. The number of thioether (sulfide) groups is 2. The van der Waals surface area contributed by atoms with E-state index in [4.69, 9.17) is 17.5 Å². The first-order valence-corrected chi connectivity index (χ1v) is 10.6. The van der Waals surface area contributed by atoms with Crippen molar-refractivity contribution in [3.63, 3.8) is 0 Å². The normalized spacial score (nSPS) is 24.6. The molecule has 0 amide bonds. The fourth-order valence-corrected chi connectivity index (χ4v) is 3.92. The van der Waals surface area contributed by atoms with E-state index in [1.165, 1.54) is 11.4 Å². The van der Waals surface area contributed by atoms with Gasteiger partial charge in [0.1, 0.15) is 8.57 Å². The van der Waals surface area contributed by atoms with Crippen LogP contribution in [0.4, 0.5) is 0 Å². The molecule has 0 saturated heterocycles. The first kappa shape index (κ1) is 21.6. The Labute approximate surface area is 151 Å². The summed E-state index contributed by atoms with van der Waals surface area (Å²) in [5, 5.41) is 4.30. The van der Waals surface area contributed by atoms with Crippen molar-refractivity contribution >= 4 is 65.8 Å². The summed E-state index contributed by atoms with van der Waals surface area (Å²) in [4.78, 5) is 4.37. The SMILES string of the molecule is CC1=CSC(Br)N1C.CC1=CSC(Br)N1C.O=S(=O)(O)O. The summed E-state index contributed by atoms with van der Waals surface area (Å²) in [6.07, 6.45) is 0. The van der Waals surface area contributed by atoms with Gasteiger partial charge in [-0.2, -0.15) is 8.42 Å². The van der Waals surface area contributed by atoms with E-state index in [0.29, 0.717) is 8.57 Å². The van der Waals surface area contributed by atoms with E-state index in [1.54, 1.807) is 23.5 Å². The molecule has 0 spiro atoms. The van der Waals surface area contributed by atoms with Crippen molar-refractivity contribution in [1.29, 1.82) is 0 Å². The molecule has 2 atom stereocenters. The molecule has 6 nitrogen and oxygen atoms in total. The second kappa shape index (κ2) is 9.68. The molecule has 11 heteroatoms. The minimum atomic E-state index is -4.67. The van der Waals surface area contributed by atoms with Gasteiger partial charge in [0.05, 0.1) is 0 Å². The van der Waals surface area contributed by atoms with Crippen molar-refractivity contribution in [2.24, 2.45) is 0 Å². The Morgan fingerprint density at radius 3 is 1.29 bits per heavy atom. The molecule has 2 N–H and O–H groups in total. The maximum absolute atomic E-state index is 8.74. The number of rotatable bonds is 0. The van der Waals surface area contributed by atoms with Crippen LogP contribution in [-0.4, -0.2) is 50.0 Å². The molecule has 0 saturated carbocycles. The zero-order valence-electron chi connectivity index (χ0n) is 11.9. The minimum absolute atomic E-state index is 0.461. The van der Waals surface area contributed by atoms with Crippen molar-refractivity contribution in [1.82, 2.24) is 9.80 Å². The van der Waals surface area contributed by atoms with Crippen LogP contribution in [0.5, 0.6) is 0 Å². The average Bonchev–Trinajstić information content (AvgIpc) is 2.79. The van der Waals surface area contributed by atoms with Gasteiger partial charge in [-0.3, -0.25) is 9.11 Å². The summed E-state index contributed by atoms with van der Waals surface area (Å²) < 4.78 is 32.5. The second-order valence-corrected chi connectivity index (χ2v) is 9.80. The smallest absolute Gasteiger partial charge is 0.356 e. The van der Waals surface area contributed by atoms with Gasteiger partial charge in [0, 0.05) is 25.5 Å². The number of hydrogen-bond donors (Lipinski definition) is 2. The Morgan fingerprint density at radius 1 is 1.00 bits per heavy atom. The lowest BCUT2D eigenvalue weighted by Gasteiger charge is -2.16. The van der Waals surface area contributed by atoms with Gasteiger partial charge in [-0.1, -0.05) is 55.4 Å². The van der Waals surface area contributed by atoms with Crippen LogP contribution in [0.25, 0.3) is 0 Å². The van der Waals surface area contributed by atoms with Gasteiger partial charge in [-0.05, 0) is 24.7 Å². The first-order valence-electron chi connectivity index (χ1n) is 5.51. The zero-order valence-corrected chi connectivity index (χ0v) is 17.5. The Morgan fingerprint density at radius 2 is 1.24 bits per heavy atom. The highest BCUT2D eigenvalue weighted by atomic mass is 79.9. The third-order valence-corrected chi connectivity index (χ3v) is 6.98. The summed E-state index contributed by atoms with van der Waals surface area (Å²) in [6.45, 7) is 4.21. The number of nitrogens with zero attached hydrogens (tertiary/aromatic N) is 2. The Kier molecular flexibility index (Phi) is 9.96. The van der Waals surface area contributed by atoms with E-state index in [0.717, 1.165) is 0 Å². The van der Waals surface area contributed by atoms with Crippen LogP contribution in [0.3, 0.4) is 0 Å². The highest BCUT2D eigenvalue weighted by Crippen LogP contribution is 2.32. The van der Waals surface area contributed by atoms with Crippen LogP contribution in [0.15, 0.2) is 22.2 Å². The van der Waals surface area contributed by atoms with Crippen molar-refractivity contribution < 1.29 is 17.5 Å². The summed E-state index contributed by atoms with van der Waals surface area (Å²) in [6, 6.07) is 0. The summed E-state index contributed by atoms with van der Waals surface area (Å²) in [7, 11) is -0.517. The van der Waals surface area contributed by atoms with Gasteiger partial charge >= 0.3 is 10.4 Å². The second-order valence-electron chi connectivity index (χ2n) is 4.04. The summed E-state index contributed by atoms with van der Waals surface area (Å²) in [5.74, 6) is 0. The van der Waals surface area contributed by atoms with Gasteiger partial charge in [0.2, 0.25) is 0 Å². The third kappa shape index (κ3) is 10.1. The first-order chi connectivity index (χ1) is 9.43. The maximum atomic E-state index is 8.74. The van der Waals surface area contributed by atoms with Crippen molar-refractivity contribution in [2.45, 2.75) is 22.4 Å². The summed E-state index contributed by atoms with van der Waals surface area (Å²) >= 11 is 10.5. The van der Waals surface area contributed by atoms with E-state index in [1.807, 2.05) is 0 Å². The van der Waals surface area contributed by atoms with Gasteiger partial charge in [0.25, 0.3) is 0 Å². The Balaban J connectivity index is 0.000000296. The fraction of sp³-hybridized carbons (Fsp3) is 0.600. The van der Waals surface area contributed by atoms with Crippen molar-refractivity contribution in [3.8, 4) is 0 Å². The number of alkyl halides is 2. The molecule has 21 heavy (non-hydrogen) atoms. The lowest BCUT2D eigenvalue weighted by Crippen LogP contribution is -2.16. The zero-order chi connectivity index (χ0) is 16.8. The van der Waals surface area contributed by atoms with E-state index in [9.17, 15) is 0 Å². The van der Waals surface area contributed by atoms with Crippen LogP contribution in [-0.2, 0) is 10.4 Å². The van der Waals surface area contributed by atoms with Crippen molar-refractivity contribution in [3.05, 3.63) is 22.2 Å². The molecule has 2 heterocycles. The van der Waals surface area contributed by atoms with Gasteiger partial charge in [0.15, 0.2) is 0 Å². The van der Waals surface area contributed by atoms with Gasteiger partial charge in [-0.25, -0.2) is 0 Å². The van der Waals surface area contributed by atoms with Crippen LogP contribution < -0.4 is 0 Å². The Hall–Kier alpha value is 0.610.